The second-order valence-electron chi connectivity index (χ2n) is 3.31. The Balaban J connectivity index is 2.30. The second kappa shape index (κ2) is 4.14. The highest BCUT2D eigenvalue weighted by molar-refractivity contribution is 5.93. The van der Waals surface area contributed by atoms with E-state index in [2.05, 4.69) is 10.1 Å². The van der Waals surface area contributed by atoms with Crippen molar-refractivity contribution in [1.29, 1.82) is 0 Å². The molecule has 5 nitrogen and oxygen atoms in total. The van der Waals surface area contributed by atoms with Gasteiger partial charge in [-0.25, -0.2) is 0 Å². The molecular formula is C11H11N3O2. The van der Waals surface area contributed by atoms with Crippen molar-refractivity contribution in [3.63, 3.8) is 0 Å². The van der Waals surface area contributed by atoms with E-state index in [1.165, 1.54) is 0 Å². The highest BCUT2D eigenvalue weighted by atomic mass is 16.5. The Hall–Kier alpha value is -2.17. The molecule has 0 saturated carbocycles. The minimum absolute atomic E-state index is 0.452. The molecule has 0 unspecified atom stereocenters. The molecule has 82 valence electrons. The van der Waals surface area contributed by atoms with E-state index >= 15 is 0 Å². The molecule has 2 aromatic rings. The van der Waals surface area contributed by atoms with E-state index in [4.69, 9.17) is 10.3 Å². The largest absolute Gasteiger partial charge is 0.366 e. The van der Waals surface area contributed by atoms with Gasteiger partial charge in [0.1, 0.15) is 0 Å². The van der Waals surface area contributed by atoms with Gasteiger partial charge in [0.05, 0.1) is 0 Å². The lowest BCUT2D eigenvalue weighted by Crippen LogP contribution is -2.10. The lowest BCUT2D eigenvalue weighted by atomic mass is 10.1. The first-order chi connectivity index (χ1) is 7.70. The number of nitrogens with zero attached hydrogens (tertiary/aromatic N) is 2. The molecule has 0 atom stereocenters. The molecule has 0 spiro atoms. The Morgan fingerprint density at radius 2 is 2.06 bits per heavy atom. The van der Waals surface area contributed by atoms with Crippen molar-refractivity contribution in [3.8, 4) is 11.5 Å². The van der Waals surface area contributed by atoms with E-state index in [1.807, 2.05) is 6.92 Å². The Morgan fingerprint density at radius 1 is 1.38 bits per heavy atom. The molecule has 0 bridgehead atoms. The summed E-state index contributed by atoms with van der Waals surface area (Å²) in [4.78, 5) is 15.0. The quantitative estimate of drug-likeness (QED) is 0.842. The molecule has 0 aliphatic heterocycles. The minimum atomic E-state index is -0.452. The lowest BCUT2D eigenvalue weighted by molar-refractivity contribution is 0.100. The molecule has 0 radical (unpaired) electrons. The van der Waals surface area contributed by atoms with E-state index in [-0.39, 0.29) is 0 Å². The van der Waals surface area contributed by atoms with Crippen molar-refractivity contribution in [2.24, 2.45) is 5.73 Å². The van der Waals surface area contributed by atoms with Crippen molar-refractivity contribution in [2.45, 2.75) is 13.3 Å². The van der Waals surface area contributed by atoms with Crippen LogP contribution in [-0.4, -0.2) is 16.0 Å². The van der Waals surface area contributed by atoms with Crippen LogP contribution in [0.1, 0.15) is 23.1 Å². The van der Waals surface area contributed by atoms with Crippen LogP contribution in [0.4, 0.5) is 0 Å². The molecular weight excluding hydrogens is 206 g/mol. The summed E-state index contributed by atoms with van der Waals surface area (Å²) in [6.45, 7) is 1.95. The van der Waals surface area contributed by atoms with E-state index in [0.717, 1.165) is 12.0 Å². The van der Waals surface area contributed by atoms with Gasteiger partial charge in [-0.3, -0.25) is 4.79 Å². The molecule has 0 saturated heterocycles. The highest BCUT2D eigenvalue weighted by Crippen LogP contribution is 2.17. The van der Waals surface area contributed by atoms with Gasteiger partial charge in [0.15, 0.2) is 5.82 Å². The summed E-state index contributed by atoms with van der Waals surface area (Å²) in [6, 6.07) is 6.72. The van der Waals surface area contributed by atoms with Crippen LogP contribution in [0.3, 0.4) is 0 Å². The normalized spacial score (nSPS) is 10.3. The second-order valence-corrected chi connectivity index (χ2v) is 3.31. The maximum Gasteiger partial charge on any atom is 0.257 e. The van der Waals surface area contributed by atoms with E-state index in [9.17, 15) is 4.79 Å². The van der Waals surface area contributed by atoms with Gasteiger partial charge in [0, 0.05) is 17.5 Å². The highest BCUT2D eigenvalue weighted by Gasteiger charge is 2.08. The van der Waals surface area contributed by atoms with Crippen molar-refractivity contribution >= 4 is 5.91 Å². The number of carbonyl (C=O) groups excluding carboxylic acids is 1. The summed E-state index contributed by atoms with van der Waals surface area (Å²) in [6.07, 6.45) is 0.725. The number of nitrogens with two attached hydrogens (primary N) is 1. The summed E-state index contributed by atoms with van der Waals surface area (Å²) < 4.78 is 5.06. The van der Waals surface area contributed by atoms with E-state index < -0.39 is 5.91 Å². The Labute approximate surface area is 92.3 Å². The molecule has 1 amide bonds. The van der Waals surface area contributed by atoms with Gasteiger partial charge in [0.2, 0.25) is 5.91 Å². The van der Waals surface area contributed by atoms with Crippen molar-refractivity contribution in [2.75, 3.05) is 0 Å². The topological polar surface area (TPSA) is 82.0 Å². The summed E-state index contributed by atoms with van der Waals surface area (Å²) in [7, 11) is 0. The first-order valence-corrected chi connectivity index (χ1v) is 4.93. The minimum Gasteiger partial charge on any atom is -0.366 e. The maximum atomic E-state index is 10.9. The molecule has 0 aliphatic rings. The summed E-state index contributed by atoms with van der Waals surface area (Å²) >= 11 is 0. The lowest BCUT2D eigenvalue weighted by Gasteiger charge is -1.96. The van der Waals surface area contributed by atoms with Crippen LogP contribution >= 0.6 is 0 Å². The van der Waals surface area contributed by atoms with Crippen LogP contribution in [0.5, 0.6) is 0 Å². The third-order valence-electron chi connectivity index (χ3n) is 2.20. The first kappa shape index (κ1) is 10.4. The fourth-order valence-electron chi connectivity index (χ4n) is 1.29. The smallest absolute Gasteiger partial charge is 0.257 e. The Bertz CT molecular complexity index is 502. The van der Waals surface area contributed by atoms with Gasteiger partial charge in [-0.15, -0.1) is 0 Å². The zero-order valence-corrected chi connectivity index (χ0v) is 8.80. The molecule has 1 aromatic heterocycles. The number of aromatic nitrogens is 2. The van der Waals surface area contributed by atoms with E-state index in [1.54, 1.807) is 24.3 Å². The monoisotopic (exact) mass is 217 g/mol. The molecule has 0 fully saturated rings. The van der Waals surface area contributed by atoms with Gasteiger partial charge in [0.25, 0.3) is 5.89 Å². The van der Waals surface area contributed by atoms with E-state index in [0.29, 0.717) is 17.3 Å². The molecule has 0 aliphatic carbocycles. The number of hydrogen-bond acceptors (Lipinski definition) is 4. The third kappa shape index (κ3) is 1.93. The molecule has 2 rings (SSSR count). The van der Waals surface area contributed by atoms with Gasteiger partial charge in [-0.1, -0.05) is 12.1 Å². The standard InChI is InChI=1S/C11H11N3O2/c1-2-9-13-11(16-14-9)8-5-3-7(4-6-8)10(12)15/h3-6H,2H2,1H3,(H2,12,15). The Kier molecular flexibility index (Phi) is 2.68. The SMILES string of the molecule is CCc1noc(-c2ccc(C(N)=O)cc2)n1. The Morgan fingerprint density at radius 3 is 2.56 bits per heavy atom. The number of primary amides is 1. The maximum absolute atomic E-state index is 10.9. The van der Waals surface area contributed by atoms with Crippen molar-refractivity contribution < 1.29 is 9.32 Å². The summed E-state index contributed by atoms with van der Waals surface area (Å²) in [5, 5.41) is 3.79. The number of carbonyl (C=O) groups is 1. The predicted octanol–water partition coefficient (Wildman–Crippen LogP) is 1.40. The van der Waals surface area contributed by atoms with Crippen LogP contribution in [0.25, 0.3) is 11.5 Å². The average molecular weight is 217 g/mol. The van der Waals surface area contributed by atoms with Gasteiger partial charge < -0.3 is 10.3 Å². The number of rotatable bonds is 3. The van der Waals surface area contributed by atoms with Crippen LogP contribution < -0.4 is 5.73 Å². The summed E-state index contributed by atoms with van der Waals surface area (Å²) in [5.74, 6) is 0.660. The first-order valence-electron chi connectivity index (χ1n) is 4.93. The fourth-order valence-corrected chi connectivity index (χ4v) is 1.29. The number of benzene rings is 1. The number of aryl methyl sites for hydroxylation is 1. The number of hydrogen-bond donors (Lipinski definition) is 1. The van der Waals surface area contributed by atoms with Crippen LogP contribution in [-0.2, 0) is 6.42 Å². The zero-order chi connectivity index (χ0) is 11.5. The fraction of sp³-hybridized carbons (Fsp3) is 0.182. The molecule has 1 heterocycles. The van der Waals surface area contributed by atoms with Gasteiger partial charge >= 0.3 is 0 Å². The van der Waals surface area contributed by atoms with Gasteiger partial charge in [-0.05, 0) is 24.3 Å². The zero-order valence-electron chi connectivity index (χ0n) is 8.80. The van der Waals surface area contributed by atoms with Crippen molar-refractivity contribution in [1.82, 2.24) is 10.1 Å². The van der Waals surface area contributed by atoms with Crippen LogP contribution in [0, 0.1) is 0 Å². The third-order valence-corrected chi connectivity index (χ3v) is 2.20. The predicted molar refractivity (Wildman–Crippen MR) is 57.6 cm³/mol. The van der Waals surface area contributed by atoms with Gasteiger partial charge in [-0.2, -0.15) is 4.98 Å². The average Bonchev–Trinajstić information content (AvgIpc) is 2.77. The van der Waals surface area contributed by atoms with Crippen LogP contribution in [0.15, 0.2) is 28.8 Å². The molecule has 1 aromatic carbocycles. The molecule has 16 heavy (non-hydrogen) atoms. The van der Waals surface area contributed by atoms with Crippen molar-refractivity contribution in [3.05, 3.63) is 35.7 Å². The molecule has 2 N–H and O–H groups in total. The van der Waals surface area contributed by atoms with Crippen LogP contribution in [0.2, 0.25) is 0 Å². The molecule has 5 heteroatoms. The summed E-state index contributed by atoms with van der Waals surface area (Å²) in [5.41, 5.74) is 6.37. The number of amides is 1.